The third-order valence-corrected chi connectivity index (χ3v) is 2.93. The van der Waals surface area contributed by atoms with Gasteiger partial charge in [-0.25, -0.2) is 4.98 Å². The molecule has 0 radical (unpaired) electrons. The molecule has 3 nitrogen and oxygen atoms in total. The first kappa shape index (κ1) is 14.2. The number of alkyl halides is 3. The number of aryl methyl sites for hydroxylation is 1. The summed E-state index contributed by atoms with van der Waals surface area (Å²) in [6.07, 6.45) is -2.87. The van der Waals surface area contributed by atoms with Gasteiger partial charge in [-0.3, -0.25) is 0 Å². The number of nitrogens with zero attached hydrogens (tertiary/aromatic N) is 2. The summed E-state index contributed by atoms with van der Waals surface area (Å²) in [6.45, 7) is 0.183. The fourth-order valence-electron chi connectivity index (χ4n) is 1.31. The molecule has 0 bridgehead atoms. The molecular weight excluding hydrogens is 301 g/mol. The molecule has 1 heterocycles. The fraction of sp³-hybridized carbons (Fsp3) is 0.500. The van der Waals surface area contributed by atoms with E-state index in [1.165, 1.54) is 6.20 Å². The Hall–Kier alpha value is -0.820. The van der Waals surface area contributed by atoms with Crippen LogP contribution in [0.2, 0.25) is 0 Å². The third kappa shape index (κ3) is 4.51. The lowest BCUT2D eigenvalue weighted by Crippen LogP contribution is -2.36. The maximum absolute atomic E-state index is 12.3. The Morgan fingerprint density at radius 3 is 2.59 bits per heavy atom. The van der Waals surface area contributed by atoms with Gasteiger partial charge in [0.2, 0.25) is 0 Å². The van der Waals surface area contributed by atoms with E-state index in [1.54, 1.807) is 13.0 Å². The Morgan fingerprint density at radius 1 is 1.47 bits per heavy atom. The maximum atomic E-state index is 12.3. The van der Waals surface area contributed by atoms with Crippen LogP contribution in [0.5, 0.6) is 0 Å². The van der Waals surface area contributed by atoms with Gasteiger partial charge in [0.1, 0.15) is 12.4 Å². The van der Waals surface area contributed by atoms with Crippen LogP contribution in [0, 0.1) is 6.92 Å². The average Bonchev–Trinajstić information content (AvgIpc) is 2.19. The van der Waals surface area contributed by atoms with Gasteiger partial charge in [0.25, 0.3) is 0 Å². The van der Waals surface area contributed by atoms with Crippen LogP contribution in [0.15, 0.2) is 16.7 Å². The highest BCUT2D eigenvalue weighted by molar-refractivity contribution is 9.10. The van der Waals surface area contributed by atoms with E-state index in [1.807, 2.05) is 0 Å². The standard InChI is InChI=1S/C10H12BrF3N2O/c1-7-4-9(15-5-8(7)11)16(2-3-17)6-10(12,13)14/h4-5,17H,2-3,6H2,1H3. The van der Waals surface area contributed by atoms with Gasteiger partial charge >= 0.3 is 6.18 Å². The van der Waals surface area contributed by atoms with Crippen LogP contribution in [0.1, 0.15) is 5.56 Å². The maximum Gasteiger partial charge on any atom is 0.405 e. The molecule has 0 aliphatic rings. The number of halogens is 4. The molecule has 1 N–H and O–H groups in total. The first-order chi connectivity index (χ1) is 7.83. The second-order valence-corrected chi connectivity index (χ2v) is 4.41. The number of aromatic nitrogens is 1. The smallest absolute Gasteiger partial charge is 0.395 e. The van der Waals surface area contributed by atoms with Crippen LogP contribution in [-0.2, 0) is 0 Å². The molecule has 96 valence electrons. The number of pyridine rings is 1. The molecule has 0 amide bonds. The molecular formula is C10H12BrF3N2O. The van der Waals surface area contributed by atoms with E-state index >= 15 is 0 Å². The molecule has 1 rings (SSSR count). The predicted molar refractivity (Wildman–Crippen MR) is 62.0 cm³/mol. The molecule has 1 aromatic rings. The van der Waals surface area contributed by atoms with Gasteiger partial charge in [-0.1, -0.05) is 0 Å². The highest BCUT2D eigenvalue weighted by Crippen LogP contribution is 2.23. The first-order valence-electron chi connectivity index (χ1n) is 4.88. The minimum atomic E-state index is -4.32. The zero-order valence-corrected chi connectivity index (χ0v) is 10.7. The van der Waals surface area contributed by atoms with Crippen molar-refractivity contribution in [1.29, 1.82) is 0 Å². The summed E-state index contributed by atoms with van der Waals surface area (Å²) in [5, 5.41) is 8.77. The Bertz CT molecular complexity index is 384. The Labute approximate surface area is 105 Å². The van der Waals surface area contributed by atoms with Crippen molar-refractivity contribution in [3.63, 3.8) is 0 Å². The molecule has 0 saturated heterocycles. The second-order valence-electron chi connectivity index (χ2n) is 3.55. The molecule has 0 aliphatic heterocycles. The largest absolute Gasteiger partial charge is 0.405 e. The van der Waals surface area contributed by atoms with E-state index in [0.29, 0.717) is 0 Å². The van der Waals surface area contributed by atoms with Crippen molar-refractivity contribution in [2.75, 3.05) is 24.6 Å². The lowest BCUT2D eigenvalue weighted by atomic mass is 10.3. The number of rotatable bonds is 4. The predicted octanol–water partition coefficient (Wildman–Crippen LogP) is 2.51. The zero-order chi connectivity index (χ0) is 13.1. The summed E-state index contributed by atoms with van der Waals surface area (Å²) in [5.74, 6) is 0.206. The topological polar surface area (TPSA) is 36.4 Å². The van der Waals surface area contributed by atoms with Crippen molar-refractivity contribution < 1.29 is 18.3 Å². The molecule has 0 fully saturated rings. The van der Waals surface area contributed by atoms with Crippen LogP contribution in [0.3, 0.4) is 0 Å². The third-order valence-electron chi connectivity index (χ3n) is 2.10. The van der Waals surface area contributed by atoms with Gasteiger partial charge in [0, 0.05) is 17.2 Å². The van der Waals surface area contributed by atoms with Crippen molar-refractivity contribution in [1.82, 2.24) is 4.98 Å². The van der Waals surface area contributed by atoms with E-state index in [-0.39, 0.29) is 19.0 Å². The van der Waals surface area contributed by atoms with Crippen LogP contribution >= 0.6 is 15.9 Å². The van der Waals surface area contributed by atoms with E-state index in [0.717, 1.165) is 14.9 Å². The van der Waals surface area contributed by atoms with Crippen molar-refractivity contribution in [2.45, 2.75) is 13.1 Å². The summed E-state index contributed by atoms with van der Waals surface area (Å²) in [5.41, 5.74) is 0.792. The summed E-state index contributed by atoms with van der Waals surface area (Å²) < 4.78 is 37.7. The molecule has 0 aliphatic carbocycles. The van der Waals surface area contributed by atoms with Crippen molar-refractivity contribution >= 4 is 21.7 Å². The van der Waals surface area contributed by atoms with Gasteiger partial charge < -0.3 is 10.0 Å². The van der Waals surface area contributed by atoms with Crippen molar-refractivity contribution in [3.05, 3.63) is 22.3 Å². The van der Waals surface area contributed by atoms with Gasteiger partial charge in [0.05, 0.1) is 6.61 Å². The van der Waals surface area contributed by atoms with Gasteiger partial charge in [-0.15, -0.1) is 0 Å². The minimum Gasteiger partial charge on any atom is -0.395 e. The number of anilines is 1. The highest BCUT2D eigenvalue weighted by Gasteiger charge is 2.31. The monoisotopic (exact) mass is 312 g/mol. The lowest BCUT2D eigenvalue weighted by molar-refractivity contribution is -0.120. The van der Waals surface area contributed by atoms with Crippen molar-refractivity contribution in [2.24, 2.45) is 0 Å². The number of aliphatic hydroxyl groups is 1. The quantitative estimate of drug-likeness (QED) is 0.928. The molecule has 0 saturated carbocycles. The summed E-state index contributed by atoms with van der Waals surface area (Å²) in [6, 6.07) is 1.55. The molecule has 0 aromatic carbocycles. The summed E-state index contributed by atoms with van der Waals surface area (Å²) in [4.78, 5) is 4.91. The SMILES string of the molecule is Cc1cc(N(CCO)CC(F)(F)F)ncc1Br. The zero-order valence-electron chi connectivity index (χ0n) is 9.13. The van der Waals surface area contributed by atoms with E-state index in [4.69, 9.17) is 5.11 Å². The van der Waals surface area contributed by atoms with Crippen LogP contribution < -0.4 is 4.90 Å². The summed E-state index contributed by atoms with van der Waals surface area (Å²) in [7, 11) is 0. The second kappa shape index (κ2) is 5.68. The summed E-state index contributed by atoms with van der Waals surface area (Å²) >= 11 is 3.23. The average molecular weight is 313 g/mol. The fourth-order valence-corrected chi connectivity index (χ4v) is 1.53. The Balaban J connectivity index is 2.93. The Kier molecular flexibility index (Phi) is 4.76. The number of hydrogen-bond donors (Lipinski definition) is 1. The van der Waals surface area contributed by atoms with Crippen molar-refractivity contribution in [3.8, 4) is 0 Å². The minimum absolute atomic E-state index is 0.104. The molecule has 0 unspecified atom stereocenters. The van der Waals surface area contributed by atoms with Gasteiger partial charge in [-0.2, -0.15) is 13.2 Å². The number of aliphatic hydroxyl groups excluding tert-OH is 1. The molecule has 1 aromatic heterocycles. The lowest BCUT2D eigenvalue weighted by Gasteiger charge is -2.24. The molecule has 7 heteroatoms. The normalized spacial score (nSPS) is 11.6. The molecule has 17 heavy (non-hydrogen) atoms. The van der Waals surface area contributed by atoms with E-state index in [9.17, 15) is 13.2 Å². The van der Waals surface area contributed by atoms with Crippen LogP contribution in [-0.4, -0.2) is 36.0 Å². The van der Waals surface area contributed by atoms with E-state index < -0.39 is 12.7 Å². The Morgan fingerprint density at radius 2 is 2.12 bits per heavy atom. The molecule has 0 atom stereocenters. The van der Waals surface area contributed by atoms with Crippen LogP contribution in [0.4, 0.5) is 19.0 Å². The van der Waals surface area contributed by atoms with Gasteiger partial charge in [0.15, 0.2) is 0 Å². The number of hydrogen-bond acceptors (Lipinski definition) is 3. The first-order valence-corrected chi connectivity index (χ1v) is 5.67. The van der Waals surface area contributed by atoms with Gasteiger partial charge in [-0.05, 0) is 34.5 Å². The molecule has 0 spiro atoms. The van der Waals surface area contributed by atoms with Crippen LogP contribution in [0.25, 0.3) is 0 Å². The van der Waals surface area contributed by atoms with E-state index in [2.05, 4.69) is 20.9 Å². The highest BCUT2D eigenvalue weighted by atomic mass is 79.9.